The van der Waals surface area contributed by atoms with Crippen LogP contribution in [0.1, 0.15) is 27.2 Å². The minimum Gasteiger partial charge on any atom is -0.450 e. The molecule has 1 unspecified atom stereocenters. The highest BCUT2D eigenvalue weighted by Gasteiger charge is 2.26. The average Bonchev–Trinajstić information content (AvgIpc) is 2.73. The Morgan fingerprint density at radius 1 is 1.10 bits per heavy atom. The summed E-state index contributed by atoms with van der Waals surface area (Å²) < 4.78 is 30.5. The van der Waals surface area contributed by atoms with Gasteiger partial charge >= 0.3 is 6.09 Å². The van der Waals surface area contributed by atoms with E-state index < -0.39 is 9.84 Å². The molecule has 0 aliphatic carbocycles. The molecule has 10 heteroatoms. The number of rotatable bonds is 7. The van der Waals surface area contributed by atoms with Crippen LogP contribution in [0.3, 0.4) is 0 Å². The lowest BCUT2D eigenvalue weighted by atomic mass is 10.2. The summed E-state index contributed by atoms with van der Waals surface area (Å²) in [4.78, 5) is 20.5. The van der Waals surface area contributed by atoms with E-state index in [-0.39, 0.29) is 41.9 Å². The Labute approximate surface area is 197 Å². The molecule has 2 rings (SSSR count). The van der Waals surface area contributed by atoms with E-state index in [0.29, 0.717) is 56.6 Å². The van der Waals surface area contributed by atoms with Crippen molar-refractivity contribution in [2.45, 2.75) is 38.1 Å². The van der Waals surface area contributed by atoms with Crippen LogP contribution in [-0.2, 0) is 14.6 Å². The first kappa shape index (κ1) is 26.5. The van der Waals surface area contributed by atoms with Crippen molar-refractivity contribution in [2.75, 3.05) is 45.1 Å². The number of hydrogen-bond acceptors (Lipinski definition) is 5. The van der Waals surface area contributed by atoms with Gasteiger partial charge in [0.05, 0.1) is 17.3 Å². The van der Waals surface area contributed by atoms with Gasteiger partial charge in [-0.1, -0.05) is 25.1 Å². The number of benzene rings is 1. The molecule has 0 bridgehead atoms. The third kappa shape index (κ3) is 7.60. The van der Waals surface area contributed by atoms with Gasteiger partial charge in [0, 0.05) is 38.8 Å². The standard InChI is InChI=1S/C20H32N4O4S.HI/c1-4-17(16-29(26,27)18-10-8-7-9-11-18)22-19(21-5-2)23-12-14-24(15-13-23)20(25)28-6-3;/h7-11,17H,4-6,12-16H2,1-3H3,(H,21,22);1H. The fourth-order valence-corrected chi connectivity index (χ4v) is 4.75. The molecule has 0 aromatic heterocycles. The van der Waals surface area contributed by atoms with Crippen LogP contribution in [0.15, 0.2) is 40.2 Å². The fraction of sp³-hybridized carbons (Fsp3) is 0.600. The summed E-state index contributed by atoms with van der Waals surface area (Å²) in [6.07, 6.45) is 0.354. The Kier molecular flexibility index (Phi) is 11.5. The zero-order valence-electron chi connectivity index (χ0n) is 17.9. The molecule has 1 aromatic rings. The zero-order valence-corrected chi connectivity index (χ0v) is 21.1. The summed E-state index contributed by atoms with van der Waals surface area (Å²) in [7, 11) is -3.39. The first-order valence-electron chi connectivity index (χ1n) is 10.2. The van der Waals surface area contributed by atoms with Crippen LogP contribution in [0, 0.1) is 0 Å². The molecule has 0 radical (unpaired) electrons. The van der Waals surface area contributed by atoms with Gasteiger partial charge in [-0.2, -0.15) is 0 Å². The van der Waals surface area contributed by atoms with Crippen LogP contribution in [0.25, 0.3) is 0 Å². The molecule has 1 N–H and O–H groups in total. The summed E-state index contributed by atoms with van der Waals surface area (Å²) in [6.45, 7) is 8.96. The third-order valence-electron chi connectivity index (χ3n) is 4.76. The molecular formula is C20H33IN4O4S. The molecule has 1 aliphatic heterocycles. The molecule has 30 heavy (non-hydrogen) atoms. The third-order valence-corrected chi connectivity index (χ3v) is 6.59. The van der Waals surface area contributed by atoms with Crippen molar-refractivity contribution in [3.05, 3.63) is 30.3 Å². The molecule has 1 heterocycles. The smallest absolute Gasteiger partial charge is 0.409 e. The molecular weight excluding hydrogens is 519 g/mol. The summed E-state index contributed by atoms with van der Waals surface area (Å²) >= 11 is 0. The second-order valence-corrected chi connectivity index (χ2v) is 8.85. The Hall–Kier alpha value is -1.56. The van der Waals surface area contributed by atoms with Crippen LogP contribution in [0.2, 0.25) is 0 Å². The van der Waals surface area contributed by atoms with Gasteiger partial charge < -0.3 is 19.9 Å². The van der Waals surface area contributed by atoms with Gasteiger partial charge in [-0.3, -0.25) is 4.99 Å². The summed E-state index contributed by atoms with van der Waals surface area (Å²) in [5.41, 5.74) is 0. The quantitative estimate of drug-likeness (QED) is 0.318. The Morgan fingerprint density at radius 2 is 1.70 bits per heavy atom. The number of halogens is 1. The van der Waals surface area contributed by atoms with Crippen molar-refractivity contribution in [1.29, 1.82) is 0 Å². The van der Waals surface area contributed by atoms with Crippen LogP contribution < -0.4 is 5.32 Å². The second kappa shape index (κ2) is 13.0. The minimum atomic E-state index is -3.39. The van der Waals surface area contributed by atoms with E-state index in [4.69, 9.17) is 4.74 Å². The number of sulfone groups is 1. The Bertz CT molecular complexity index is 781. The molecule has 1 saturated heterocycles. The fourth-order valence-electron chi connectivity index (χ4n) is 3.14. The minimum absolute atomic E-state index is 0. The lowest BCUT2D eigenvalue weighted by Crippen LogP contribution is -2.56. The highest BCUT2D eigenvalue weighted by atomic mass is 127. The molecule has 0 saturated carbocycles. The number of amides is 1. The van der Waals surface area contributed by atoms with Crippen molar-refractivity contribution < 1.29 is 17.9 Å². The number of piperazine rings is 1. The van der Waals surface area contributed by atoms with Crippen LogP contribution >= 0.6 is 24.0 Å². The molecule has 1 fully saturated rings. The van der Waals surface area contributed by atoms with E-state index in [1.807, 2.05) is 13.8 Å². The van der Waals surface area contributed by atoms with E-state index in [0.717, 1.165) is 0 Å². The van der Waals surface area contributed by atoms with E-state index in [1.54, 1.807) is 42.2 Å². The highest BCUT2D eigenvalue weighted by molar-refractivity contribution is 14.0. The predicted octanol–water partition coefficient (Wildman–Crippen LogP) is 2.60. The molecule has 1 aliphatic rings. The topological polar surface area (TPSA) is 91.3 Å². The largest absolute Gasteiger partial charge is 0.450 e. The van der Waals surface area contributed by atoms with E-state index in [1.165, 1.54) is 0 Å². The molecule has 0 spiro atoms. The maximum absolute atomic E-state index is 12.7. The van der Waals surface area contributed by atoms with E-state index in [2.05, 4.69) is 15.2 Å². The number of hydrogen-bond donors (Lipinski definition) is 1. The number of carbonyl (C=O) groups is 1. The average molecular weight is 552 g/mol. The van der Waals surface area contributed by atoms with Crippen molar-refractivity contribution in [1.82, 2.24) is 15.1 Å². The number of nitrogens with one attached hydrogen (secondary N) is 1. The van der Waals surface area contributed by atoms with Crippen molar-refractivity contribution in [2.24, 2.45) is 4.99 Å². The Balaban J connectivity index is 0.00000450. The SMILES string of the molecule is CCN=C(NC(CC)CS(=O)(=O)c1ccccc1)N1CCN(C(=O)OCC)CC1.I. The van der Waals surface area contributed by atoms with Gasteiger partial charge in [0.2, 0.25) is 0 Å². The van der Waals surface area contributed by atoms with Gasteiger partial charge in [-0.15, -0.1) is 24.0 Å². The van der Waals surface area contributed by atoms with Gasteiger partial charge in [0.15, 0.2) is 15.8 Å². The summed E-state index contributed by atoms with van der Waals surface area (Å²) in [5.74, 6) is 0.685. The van der Waals surface area contributed by atoms with Crippen LogP contribution in [0.5, 0.6) is 0 Å². The van der Waals surface area contributed by atoms with Crippen LogP contribution in [-0.4, -0.2) is 81.4 Å². The van der Waals surface area contributed by atoms with Gasteiger partial charge in [0.1, 0.15) is 0 Å². The number of aliphatic imine (C=N–C) groups is 1. The molecule has 1 aromatic carbocycles. The van der Waals surface area contributed by atoms with Crippen molar-refractivity contribution in [3.8, 4) is 0 Å². The zero-order chi connectivity index (χ0) is 21.3. The molecule has 170 valence electrons. The normalized spacial score (nSPS) is 15.9. The monoisotopic (exact) mass is 552 g/mol. The summed E-state index contributed by atoms with van der Waals surface area (Å²) in [6, 6.07) is 8.25. The predicted molar refractivity (Wildman–Crippen MR) is 129 cm³/mol. The first-order chi connectivity index (χ1) is 13.9. The molecule has 1 amide bonds. The maximum atomic E-state index is 12.7. The van der Waals surface area contributed by atoms with Crippen molar-refractivity contribution in [3.63, 3.8) is 0 Å². The first-order valence-corrected chi connectivity index (χ1v) is 11.8. The molecule has 1 atom stereocenters. The van der Waals surface area contributed by atoms with Gasteiger partial charge in [-0.25, -0.2) is 13.2 Å². The second-order valence-electron chi connectivity index (χ2n) is 6.81. The maximum Gasteiger partial charge on any atom is 0.409 e. The van der Waals surface area contributed by atoms with Gasteiger partial charge in [-0.05, 0) is 32.4 Å². The highest BCUT2D eigenvalue weighted by Crippen LogP contribution is 2.13. The summed E-state index contributed by atoms with van der Waals surface area (Å²) in [5, 5.41) is 3.33. The van der Waals surface area contributed by atoms with E-state index >= 15 is 0 Å². The number of guanidine groups is 1. The van der Waals surface area contributed by atoms with Gasteiger partial charge in [0.25, 0.3) is 0 Å². The molecule has 8 nitrogen and oxygen atoms in total. The van der Waals surface area contributed by atoms with E-state index in [9.17, 15) is 13.2 Å². The number of nitrogens with zero attached hydrogens (tertiary/aromatic N) is 3. The lowest BCUT2D eigenvalue weighted by molar-refractivity contribution is 0.0913. The number of carbonyl (C=O) groups excluding carboxylic acids is 1. The van der Waals surface area contributed by atoms with Crippen molar-refractivity contribution >= 4 is 45.9 Å². The van der Waals surface area contributed by atoms with Crippen LogP contribution in [0.4, 0.5) is 4.79 Å². The Morgan fingerprint density at radius 3 is 2.23 bits per heavy atom. The number of ether oxygens (including phenoxy) is 1. The lowest BCUT2D eigenvalue weighted by Gasteiger charge is -2.37.